The van der Waals surface area contributed by atoms with Crippen LogP contribution in [0.4, 0.5) is 11.4 Å². The van der Waals surface area contributed by atoms with Crippen molar-refractivity contribution in [1.82, 2.24) is 0 Å². The van der Waals surface area contributed by atoms with Crippen molar-refractivity contribution in [3.8, 4) is 28.3 Å². The predicted octanol–water partition coefficient (Wildman–Crippen LogP) is 13.0. The molecule has 6 aromatic carbocycles. The SMILES string of the molecule is CC(C)(C)c1ccc(CC2c3cc(-c4ccccc4)cc4c3B(c3cc(C#N)cc5c3N4C3(C)CCCCC53C)c3sc4ccc(C(C)(C)C)cc4c32)c(-c2ccccc2)c1. The van der Waals surface area contributed by atoms with Crippen LogP contribution in [0.2, 0.25) is 0 Å². The highest BCUT2D eigenvalue weighted by molar-refractivity contribution is 7.32. The molecule has 1 saturated carbocycles. The summed E-state index contributed by atoms with van der Waals surface area (Å²) in [6.07, 6.45) is 5.57. The van der Waals surface area contributed by atoms with E-state index in [1.807, 2.05) is 11.3 Å². The number of nitrogens with zero attached hydrogens (tertiary/aromatic N) is 2. The molecule has 0 amide bonds. The lowest BCUT2D eigenvalue weighted by Gasteiger charge is -2.52. The fraction of sp³-hybridized carbons (Fsp3) is 0.316. The lowest BCUT2D eigenvalue weighted by Crippen LogP contribution is -2.64. The summed E-state index contributed by atoms with van der Waals surface area (Å²) in [7, 11) is 0. The van der Waals surface area contributed by atoms with Gasteiger partial charge in [0, 0.05) is 27.4 Å². The van der Waals surface area contributed by atoms with Crippen LogP contribution in [-0.2, 0) is 22.7 Å². The topological polar surface area (TPSA) is 27.0 Å². The minimum absolute atomic E-state index is 0.0104. The molecule has 0 saturated heterocycles. The average molecular weight is 811 g/mol. The van der Waals surface area contributed by atoms with Gasteiger partial charge in [-0.1, -0.05) is 152 Å². The number of nitriles is 1. The normalized spacial score (nSPS) is 21.1. The fourth-order valence-corrected chi connectivity index (χ4v) is 13.4. The summed E-state index contributed by atoms with van der Waals surface area (Å²) in [5, 5.41) is 12.1. The van der Waals surface area contributed by atoms with Crippen molar-refractivity contribution >= 4 is 55.2 Å². The molecular weight excluding hydrogens is 756 g/mol. The van der Waals surface area contributed by atoms with Crippen LogP contribution in [0.15, 0.2) is 121 Å². The number of rotatable bonds is 4. The van der Waals surface area contributed by atoms with Crippen LogP contribution in [0.25, 0.3) is 32.3 Å². The Hall–Kier alpha value is -5.37. The summed E-state index contributed by atoms with van der Waals surface area (Å²) >= 11 is 2.01. The van der Waals surface area contributed by atoms with E-state index >= 15 is 0 Å². The van der Waals surface area contributed by atoms with Crippen molar-refractivity contribution in [2.45, 2.75) is 115 Å². The van der Waals surface area contributed by atoms with Gasteiger partial charge < -0.3 is 4.90 Å². The van der Waals surface area contributed by atoms with E-state index in [9.17, 15) is 5.26 Å². The first-order valence-electron chi connectivity index (χ1n) is 22.6. The molecule has 4 heteroatoms. The molecule has 7 aromatic rings. The van der Waals surface area contributed by atoms with E-state index in [0.29, 0.717) is 0 Å². The van der Waals surface area contributed by atoms with Crippen LogP contribution in [0.5, 0.6) is 0 Å². The molecule has 0 radical (unpaired) electrons. The monoisotopic (exact) mass is 810 g/mol. The van der Waals surface area contributed by atoms with Crippen LogP contribution < -0.4 is 20.6 Å². The first kappa shape index (κ1) is 38.5. The number of thiophene rings is 1. The van der Waals surface area contributed by atoms with Gasteiger partial charge >= 0.3 is 0 Å². The largest absolute Gasteiger partial charge is 0.335 e. The minimum Gasteiger partial charge on any atom is -0.335 e. The van der Waals surface area contributed by atoms with Crippen molar-refractivity contribution in [2.75, 3.05) is 4.90 Å². The smallest absolute Gasteiger partial charge is 0.259 e. The van der Waals surface area contributed by atoms with Gasteiger partial charge in [0.2, 0.25) is 0 Å². The van der Waals surface area contributed by atoms with Gasteiger partial charge in [0.1, 0.15) is 0 Å². The van der Waals surface area contributed by atoms with Gasteiger partial charge in [0.15, 0.2) is 0 Å². The first-order chi connectivity index (χ1) is 29.2. The summed E-state index contributed by atoms with van der Waals surface area (Å²) in [5.74, 6) is 0.115. The van der Waals surface area contributed by atoms with Crippen LogP contribution >= 0.6 is 11.3 Å². The highest BCUT2D eigenvalue weighted by atomic mass is 32.1. The van der Waals surface area contributed by atoms with E-state index < -0.39 is 0 Å². The summed E-state index contributed by atoms with van der Waals surface area (Å²) in [4.78, 5) is 2.82. The molecule has 2 nitrogen and oxygen atoms in total. The Morgan fingerprint density at radius 3 is 2.11 bits per heavy atom. The third-order valence-corrected chi connectivity index (χ3v) is 16.8. The summed E-state index contributed by atoms with van der Waals surface area (Å²) in [6, 6.07) is 49.2. The molecular formula is C57H55BN2S. The maximum absolute atomic E-state index is 10.8. The van der Waals surface area contributed by atoms with Crippen LogP contribution in [-0.4, -0.2) is 12.3 Å². The Bertz CT molecular complexity index is 2980. The van der Waals surface area contributed by atoms with Gasteiger partial charge in [-0.2, -0.15) is 5.26 Å². The zero-order valence-corrected chi connectivity index (χ0v) is 37.9. The second-order valence-electron chi connectivity index (χ2n) is 21.1. The van der Waals surface area contributed by atoms with Crippen molar-refractivity contribution in [3.63, 3.8) is 0 Å². The maximum Gasteiger partial charge on any atom is 0.259 e. The molecule has 4 aliphatic rings. The highest BCUT2D eigenvalue weighted by Crippen LogP contribution is 2.62. The van der Waals surface area contributed by atoms with Crippen molar-refractivity contribution < 1.29 is 0 Å². The second kappa shape index (κ2) is 13.3. The summed E-state index contributed by atoms with van der Waals surface area (Å²) in [6.45, 7) is 19.1. The van der Waals surface area contributed by atoms with E-state index in [1.165, 1.54) is 106 Å². The van der Waals surface area contributed by atoms with E-state index in [0.717, 1.165) is 24.8 Å². The zero-order valence-electron chi connectivity index (χ0n) is 37.0. The van der Waals surface area contributed by atoms with Crippen LogP contribution in [0.3, 0.4) is 0 Å². The van der Waals surface area contributed by atoms with Gasteiger partial charge in [-0.25, -0.2) is 0 Å². The third kappa shape index (κ3) is 5.58. The Morgan fingerprint density at radius 2 is 1.41 bits per heavy atom. The van der Waals surface area contributed by atoms with Gasteiger partial charge in [-0.3, -0.25) is 0 Å². The Morgan fingerprint density at radius 1 is 0.738 bits per heavy atom. The minimum atomic E-state index is -0.120. The van der Waals surface area contributed by atoms with E-state index in [4.69, 9.17) is 0 Å². The van der Waals surface area contributed by atoms with E-state index in [2.05, 4.69) is 188 Å². The van der Waals surface area contributed by atoms with Crippen molar-refractivity contribution in [3.05, 3.63) is 160 Å². The molecule has 1 aliphatic carbocycles. The highest BCUT2D eigenvalue weighted by Gasteiger charge is 2.61. The molecule has 3 atom stereocenters. The quantitative estimate of drug-likeness (QED) is 0.166. The Balaban J connectivity index is 1.26. The zero-order chi connectivity index (χ0) is 42.2. The number of hydrogen-bond donors (Lipinski definition) is 0. The lowest BCUT2D eigenvalue weighted by molar-refractivity contribution is 0.195. The Labute approximate surface area is 367 Å². The third-order valence-electron chi connectivity index (χ3n) is 15.6. The van der Waals surface area contributed by atoms with Gasteiger partial charge in [0.05, 0.1) is 17.2 Å². The molecule has 0 N–H and O–H groups in total. The van der Waals surface area contributed by atoms with Crippen molar-refractivity contribution in [1.29, 1.82) is 5.26 Å². The molecule has 1 fully saturated rings. The molecule has 302 valence electrons. The molecule has 11 rings (SSSR count). The van der Waals surface area contributed by atoms with Gasteiger partial charge in [0.25, 0.3) is 6.71 Å². The number of hydrogen-bond acceptors (Lipinski definition) is 3. The Kier molecular flexibility index (Phi) is 8.42. The molecule has 4 heterocycles. The average Bonchev–Trinajstić information content (AvgIpc) is 3.73. The van der Waals surface area contributed by atoms with Crippen molar-refractivity contribution in [2.24, 2.45) is 0 Å². The predicted molar refractivity (Wildman–Crippen MR) is 261 cm³/mol. The molecule has 3 unspecified atom stereocenters. The lowest BCUT2D eigenvalue weighted by atomic mass is 9.33. The van der Waals surface area contributed by atoms with Crippen LogP contribution in [0.1, 0.15) is 126 Å². The summed E-state index contributed by atoms with van der Waals surface area (Å²) in [5.41, 5.74) is 19.7. The second-order valence-corrected chi connectivity index (χ2v) is 22.2. The standard InChI is InChI=1S/C57H55BN2S/c1-54(2,3)40-22-21-38(42(32-40)37-19-13-10-14-20-37)29-43-44-30-39(36-17-11-9-12-18-36)31-48-51(44)58(53-50(43)45-33-41(55(4,5)6)23-24-49(45)61-53)47-28-35(34-59)27-46-52(47)60(48)57(8)26-16-15-25-56(46,57)7/h9-14,17-24,27-28,30-33,43H,15-16,25-26,29H2,1-8H3. The molecule has 0 bridgehead atoms. The summed E-state index contributed by atoms with van der Waals surface area (Å²) < 4.78 is 2.82. The number of anilines is 2. The molecule has 3 aliphatic heterocycles. The van der Waals surface area contributed by atoms with E-state index in [1.54, 1.807) is 0 Å². The first-order valence-corrected chi connectivity index (χ1v) is 23.4. The van der Waals surface area contributed by atoms with Gasteiger partial charge in [-0.15, -0.1) is 11.3 Å². The van der Waals surface area contributed by atoms with E-state index in [-0.39, 0.29) is 34.4 Å². The number of fused-ring (bicyclic) bond motifs is 9. The molecule has 61 heavy (non-hydrogen) atoms. The van der Waals surface area contributed by atoms with Gasteiger partial charge in [-0.05, 0) is 144 Å². The maximum atomic E-state index is 10.8. The van der Waals surface area contributed by atoms with Crippen LogP contribution in [0, 0.1) is 11.3 Å². The fourth-order valence-electron chi connectivity index (χ4n) is 12.1. The number of benzene rings is 6. The molecule has 1 aromatic heterocycles. The molecule has 0 spiro atoms.